The van der Waals surface area contributed by atoms with Gasteiger partial charge in [-0.2, -0.15) is 0 Å². The molecule has 0 aliphatic carbocycles. The quantitative estimate of drug-likeness (QED) is 0.785. The number of Topliss-reactive ketones (excluding diaryl/α,β-unsaturated/α-hetero) is 1. The lowest BCUT2D eigenvalue weighted by atomic mass is 10.0. The van der Waals surface area contributed by atoms with Crippen LogP contribution in [0.15, 0.2) is 36.4 Å². The van der Waals surface area contributed by atoms with Crippen LogP contribution < -0.4 is 9.47 Å². The van der Waals surface area contributed by atoms with Crippen molar-refractivity contribution >= 4 is 17.4 Å². The van der Waals surface area contributed by atoms with E-state index < -0.39 is 5.82 Å². The molecule has 0 radical (unpaired) electrons. The first-order valence-electron chi connectivity index (χ1n) is 6.25. The van der Waals surface area contributed by atoms with Gasteiger partial charge in [0, 0.05) is 17.0 Å². The van der Waals surface area contributed by atoms with Crippen LogP contribution in [0.5, 0.6) is 11.5 Å². The van der Waals surface area contributed by atoms with Gasteiger partial charge in [-0.15, -0.1) is 0 Å². The Morgan fingerprint density at radius 2 is 1.95 bits per heavy atom. The molecule has 0 aliphatic rings. The van der Waals surface area contributed by atoms with E-state index in [1.165, 1.54) is 26.4 Å². The van der Waals surface area contributed by atoms with Crippen LogP contribution in [-0.2, 0) is 6.42 Å². The minimum absolute atomic E-state index is 0.144. The molecule has 110 valence electrons. The molecule has 0 aliphatic heterocycles. The van der Waals surface area contributed by atoms with Crippen molar-refractivity contribution in [1.82, 2.24) is 0 Å². The van der Waals surface area contributed by atoms with E-state index in [0.29, 0.717) is 17.1 Å². The number of carbonyl (C=O) groups is 1. The van der Waals surface area contributed by atoms with Crippen LogP contribution >= 0.6 is 11.6 Å². The first kappa shape index (κ1) is 15.3. The third-order valence-electron chi connectivity index (χ3n) is 3.11. The molecule has 3 nitrogen and oxygen atoms in total. The fourth-order valence-corrected chi connectivity index (χ4v) is 2.22. The zero-order chi connectivity index (χ0) is 15.4. The molecule has 2 rings (SSSR count). The second-order valence-electron chi connectivity index (χ2n) is 4.37. The standard InChI is InChI=1S/C16H14ClFO3/c1-20-10-6-7-16(21-2)12(8-10)15(19)9-11-13(17)4-3-5-14(11)18/h3-8H,9H2,1-2H3. The van der Waals surface area contributed by atoms with E-state index >= 15 is 0 Å². The Balaban J connectivity index is 2.36. The molecule has 0 aromatic heterocycles. The van der Waals surface area contributed by atoms with Crippen molar-refractivity contribution in [2.24, 2.45) is 0 Å². The monoisotopic (exact) mass is 308 g/mol. The number of hydrogen-bond acceptors (Lipinski definition) is 3. The van der Waals surface area contributed by atoms with Gasteiger partial charge in [0.2, 0.25) is 0 Å². The molecular weight excluding hydrogens is 295 g/mol. The Morgan fingerprint density at radius 3 is 2.57 bits per heavy atom. The highest BCUT2D eigenvalue weighted by Crippen LogP contribution is 2.27. The molecule has 0 saturated carbocycles. The predicted molar refractivity (Wildman–Crippen MR) is 79.0 cm³/mol. The summed E-state index contributed by atoms with van der Waals surface area (Å²) in [6.45, 7) is 0. The highest BCUT2D eigenvalue weighted by Gasteiger charge is 2.17. The van der Waals surface area contributed by atoms with Gasteiger partial charge in [0.15, 0.2) is 5.78 Å². The molecule has 0 fully saturated rings. The van der Waals surface area contributed by atoms with E-state index in [2.05, 4.69) is 0 Å². The van der Waals surface area contributed by atoms with Gasteiger partial charge in [0.05, 0.1) is 19.8 Å². The summed E-state index contributed by atoms with van der Waals surface area (Å²) in [5.74, 6) is 0.141. The SMILES string of the molecule is COc1ccc(OC)c(C(=O)Cc2c(F)cccc2Cl)c1. The van der Waals surface area contributed by atoms with Crippen LogP contribution in [0.3, 0.4) is 0 Å². The summed E-state index contributed by atoms with van der Waals surface area (Å²) in [5, 5.41) is 0.227. The van der Waals surface area contributed by atoms with Gasteiger partial charge in [0.1, 0.15) is 17.3 Å². The molecule has 0 saturated heterocycles. The van der Waals surface area contributed by atoms with Crippen LogP contribution in [0.2, 0.25) is 5.02 Å². The summed E-state index contributed by atoms with van der Waals surface area (Å²) >= 11 is 5.95. The number of benzene rings is 2. The second-order valence-corrected chi connectivity index (χ2v) is 4.77. The maximum atomic E-state index is 13.8. The number of hydrogen-bond donors (Lipinski definition) is 0. The second kappa shape index (κ2) is 6.59. The van der Waals surface area contributed by atoms with Crippen molar-refractivity contribution in [3.63, 3.8) is 0 Å². The summed E-state index contributed by atoms with van der Waals surface area (Å²) in [6.07, 6.45) is -0.144. The Bertz CT molecular complexity index is 650. The Labute approximate surface area is 127 Å². The molecule has 0 spiro atoms. The summed E-state index contributed by atoms with van der Waals surface area (Å²) in [6, 6.07) is 9.21. The molecule has 0 unspecified atom stereocenters. The van der Waals surface area contributed by atoms with E-state index in [-0.39, 0.29) is 22.8 Å². The van der Waals surface area contributed by atoms with Gasteiger partial charge >= 0.3 is 0 Å². The van der Waals surface area contributed by atoms with Crippen molar-refractivity contribution in [3.8, 4) is 11.5 Å². The fourth-order valence-electron chi connectivity index (χ4n) is 1.99. The lowest BCUT2D eigenvalue weighted by Crippen LogP contribution is -2.08. The molecule has 0 bridgehead atoms. The molecule has 5 heteroatoms. The average molecular weight is 309 g/mol. The number of halogens is 2. The Kier molecular flexibility index (Phi) is 4.81. The van der Waals surface area contributed by atoms with Gasteiger partial charge in [-0.05, 0) is 30.3 Å². The van der Waals surface area contributed by atoms with E-state index in [0.717, 1.165) is 0 Å². The molecule has 0 atom stereocenters. The predicted octanol–water partition coefficient (Wildman–Crippen LogP) is 3.92. The van der Waals surface area contributed by atoms with Crippen LogP contribution in [-0.4, -0.2) is 20.0 Å². The van der Waals surface area contributed by atoms with Gasteiger partial charge in [0.25, 0.3) is 0 Å². The minimum atomic E-state index is -0.502. The van der Waals surface area contributed by atoms with Gasteiger partial charge in [-0.3, -0.25) is 4.79 Å². The zero-order valence-corrected chi connectivity index (χ0v) is 12.4. The topological polar surface area (TPSA) is 35.5 Å². The van der Waals surface area contributed by atoms with Crippen molar-refractivity contribution in [3.05, 3.63) is 58.4 Å². The van der Waals surface area contributed by atoms with Crippen LogP contribution in [0.1, 0.15) is 15.9 Å². The molecular formula is C16H14ClFO3. The molecule has 0 amide bonds. The van der Waals surface area contributed by atoms with E-state index in [1.807, 2.05) is 0 Å². The lowest BCUT2D eigenvalue weighted by Gasteiger charge is -2.10. The van der Waals surface area contributed by atoms with Gasteiger partial charge in [-0.25, -0.2) is 4.39 Å². The fraction of sp³-hybridized carbons (Fsp3) is 0.188. The third-order valence-corrected chi connectivity index (χ3v) is 3.46. The molecule has 2 aromatic carbocycles. The highest BCUT2D eigenvalue weighted by molar-refractivity contribution is 6.31. The summed E-state index contributed by atoms with van der Waals surface area (Å²) in [7, 11) is 2.97. The maximum absolute atomic E-state index is 13.8. The smallest absolute Gasteiger partial charge is 0.171 e. The summed E-state index contributed by atoms with van der Waals surface area (Å²) in [5.41, 5.74) is 0.505. The molecule has 21 heavy (non-hydrogen) atoms. The zero-order valence-electron chi connectivity index (χ0n) is 11.7. The van der Waals surface area contributed by atoms with Crippen molar-refractivity contribution < 1.29 is 18.7 Å². The first-order valence-corrected chi connectivity index (χ1v) is 6.62. The van der Waals surface area contributed by atoms with Crippen molar-refractivity contribution in [2.75, 3.05) is 14.2 Å². The molecule has 0 heterocycles. The van der Waals surface area contributed by atoms with Crippen LogP contribution in [0, 0.1) is 5.82 Å². The van der Waals surface area contributed by atoms with Crippen LogP contribution in [0.25, 0.3) is 0 Å². The molecule has 0 N–H and O–H groups in total. The van der Waals surface area contributed by atoms with E-state index in [9.17, 15) is 9.18 Å². The summed E-state index contributed by atoms with van der Waals surface area (Å²) in [4.78, 5) is 12.4. The first-order chi connectivity index (χ1) is 10.1. The number of ether oxygens (including phenoxy) is 2. The normalized spacial score (nSPS) is 10.3. The van der Waals surface area contributed by atoms with Gasteiger partial charge < -0.3 is 9.47 Å². The average Bonchev–Trinajstić information content (AvgIpc) is 2.50. The van der Waals surface area contributed by atoms with Crippen molar-refractivity contribution in [1.29, 1.82) is 0 Å². The summed E-state index contributed by atoms with van der Waals surface area (Å²) < 4.78 is 24.0. The third kappa shape index (κ3) is 3.34. The largest absolute Gasteiger partial charge is 0.497 e. The van der Waals surface area contributed by atoms with E-state index in [4.69, 9.17) is 21.1 Å². The number of carbonyl (C=O) groups excluding carboxylic acids is 1. The molecule has 2 aromatic rings. The number of rotatable bonds is 5. The Morgan fingerprint density at radius 1 is 1.19 bits per heavy atom. The number of ketones is 1. The maximum Gasteiger partial charge on any atom is 0.171 e. The van der Waals surface area contributed by atoms with E-state index in [1.54, 1.807) is 24.3 Å². The highest BCUT2D eigenvalue weighted by atomic mass is 35.5. The Hall–Kier alpha value is -2.07. The number of methoxy groups -OCH3 is 2. The minimum Gasteiger partial charge on any atom is -0.497 e. The van der Waals surface area contributed by atoms with Gasteiger partial charge in [-0.1, -0.05) is 17.7 Å². The van der Waals surface area contributed by atoms with Crippen LogP contribution in [0.4, 0.5) is 4.39 Å². The van der Waals surface area contributed by atoms with Crippen molar-refractivity contribution in [2.45, 2.75) is 6.42 Å². The lowest BCUT2D eigenvalue weighted by molar-refractivity contribution is 0.0988.